The number of hydrogen-bond donors (Lipinski definition) is 0. The number of benzene rings is 1. The second-order valence-corrected chi connectivity index (χ2v) is 3.23. The number of nitrogens with zero attached hydrogens (tertiary/aromatic N) is 2. The van der Waals surface area contributed by atoms with Crippen LogP contribution in [0.25, 0.3) is 10.9 Å². The minimum absolute atomic E-state index is 0.399. The molecule has 16 heavy (non-hydrogen) atoms. The number of carbonyl (C=O) groups is 1. The lowest BCUT2D eigenvalue weighted by atomic mass is 10.1. The molecule has 0 saturated heterocycles. The van der Waals surface area contributed by atoms with E-state index in [0.29, 0.717) is 11.1 Å². The minimum atomic E-state index is -0.399. The Labute approximate surface area is 92.1 Å². The molecule has 78 valence electrons. The lowest BCUT2D eigenvalue weighted by molar-refractivity contribution is 0.0601. The highest BCUT2D eigenvalue weighted by atomic mass is 16.5. The van der Waals surface area contributed by atoms with Crippen molar-refractivity contribution in [1.29, 1.82) is 5.26 Å². The smallest absolute Gasteiger partial charge is 0.337 e. The van der Waals surface area contributed by atoms with E-state index >= 15 is 0 Å². The van der Waals surface area contributed by atoms with E-state index in [2.05, 4.69) is 9.72 Å². The standard InChI is InChI=1S/C12H8N2O2/c1-16-12(15)9-2-3-11-10(5-9)4-8(6-13)7-14-11/h2-5,7H,1H3. The Morgan fingerprint density at radius 1 is 1.44 bits per heavy atom. The predicted octanol–water partition coefficient (Wildman–Crippen LogP) is 1.89. The quantitative estimate of drug-likeness (QED) is 0.677. The molecule has 1 aromatic heterocycles. The molecule has 0 radical (unpaired) electrons. The van der Waals surface area contributed by atoms with Gasteiger partial charge < -0.3 is 4.74 Å². The number of ether oxygens (including phenoxy) is 1. The molecule has 0 fully saturated rings. The van der Waals surface area contributed by atoms with Gasteiger partial charge in [0.1, 0.15) is 6.07 Å². The summed E-state index contributed by atoms with van der Waals surface area (Å²) in [5.74, 6) is -0.399. The van der Waals surface area contributed by atoms with Crippen LogP contribution in [0.3, 0.4) is 0 Å². The van der Waals surface area contributed by atoms with Gasteiger partial charge in [0.2, 0.25) is 0 Å². The molecule has 0 N–H and O–H groups in total. The number of carbonyl (C=O) groups excluding carboxylic acids is 1. The largest absolute Gasteiger partial charge is 0.465 e. The Morgan fingerprint density at radius 2 is 2.25 bits per heavy atom. The van der Waals surface area contributed by atoms with Crippen molar-refractivity contribution in [3.05, 3.63) is 41.6 Å². The molecule has 0 saturated carbocycles. The summed E-state index contributed by atoms with van der Waals surface area (Å²) in [5.41, 5.74) is 1.66. The first-order valence-electron chi connectivity index (χ1n) is 4.63. The molecule has 0 amide bonds. The summed E-state index contributed by atoms with van der Waals surface area (Å²) >= 11 is 0. The topological polar surface area (TPSA) is 63.0 Å². The SMILES string of the molecule is COC(=O)c1ccc2ncc(C#N)cc2c1. The van der Waals surface area contributed by atoms with Crippen molar-refractivity contribution in [2.45, 2.75) is 0 Å². The molecule has 2 aromatic rings. The van der Waals surface area contributed by atoms with E-state index in [1.54, 1.807) is 24.3 Å². The maximum absolute atomic E-state index is 11.3. The van der Waals surface area contributed by atoms with Crippen LogP contribution in [0.15, 0.2) is 30.5 Å². The molecule has 0 bridgehead atoms. The molecule has 0 aliphatic carbocycles. The number of hydrogen-bond acceptors (Lipinski definition) is 4. The van der Waals surface area contributed by atoms with Crippen molar-refractivity contribution in [2.24, 2.45) is 0 Å². The summed E-state index contributed by atoms with van der Waals surface area (Å²) in [6.07, 6.45) is 1.50. The van der Waals surface area contributed by atoms with Crippen LogP contribution in [0.2, 0.25) is 0 Å². The summed E-state index contributed by atoms with van der Waals surface area (Å²) < 4.78 is 4.62. The van der Waals surface area contributed by atoms with Crippen LogP contribution in [-0.2, 0) is 4.74 Å². The Kier molecular flexibility index (Phi) is 2.52. The van der Waals surface area contributed by atoms with Crippen LogP contribution >= 0.6 is 0 Å². The minimum Gasteiger partial charge on any atom is -0.465 e. The van der Waals surface area contributed by atoms with E-state index in [0.717, 1.165) is 10.9 Å². The van der Waals surface area contributed by atoms with E-state index in [-0.39, 0.29) is 0 Å². The van der Waals surface area contributed by atoms with Crippen molar-refractivity contribution in [3.63, 3.8) is 0 Å². The van der Waals surface area contributed by atoms with Crippen LogP contribution < -0.4 is 0 Å². The average molecular weight is 212 g/mol. The summed E-state index contributed by atoms with van der Waals surface area (Å²) in [4.78, 5) is 15.4. The number of rotatable bonds is 1. The van der Waals surface area contributed by atoms with E-state index in [1.807, 2.05) is 6.07 Å². The molecule has 1 aromatic carbocycles. The fourth-order valence-corrected chi connectivity index (χ4v) is 1.44. The number of aromatic nitrogens is 1. The number of fused-ring (bicyclic) bond motifs is 1. The zero-order valence-electron chi connectivity index (χ0n) is 8.60. The zero-order valence-corrected chi connectivity index (χ0v) is 8.60. The van der Waals surface area contributed by atoms with Gasteiger partial charge in [-0.25, -0.2) is 4.79 Å². The van der Waals surface area contributed by atoms with E-state index in [9.17, 15) is 4.79 Å². The van der Waals surface area contributed by atoms with E-state index < -0.39 is 5.97 Å². The average Bonchev–Trinajstić information content (AvgIpc) is 2.36. The Morgan fingerprint density at radius 3 is 2.94 bits per heavy atom. The van der Waals surface area contributed by atoms with Gasteiger partial charge in [-0.3, -0.25) is 4.98 Å². The van der Waals surface area contributed by atoms with Crippen LogP contribution in [0.1, 0.15) is 15.9 Å². The molecule has 0 aliphatic heterocycles. The van der Waals surface area contributed by atoms with Gasteiger partial charge >= 0.3 is 5.97 Å². The molecule has 4 heteroatoms. The molecule has 1 heterocycles. The first-order chi connectivity index (χ1) is 7.74. The molecular weight excluding hydrogens is 204 g/mol. The Balaban J connectivity index is 2.60. The first-order valence-corrected chi connectivity index (χ1v) is 4.63. The van der Waals surface area contributed by atoms with Crippen molar-refractivity contribution in [2.75, 3.05) is 7.11 Å². The maximum Gasteiger partial charge on any atom is 0.337 e. The van der Waals surface area contributed by atoms with E-state index in [1.165, 1.54) is 13.3 Å². The van der Waals surface area contributed by atoms with Crippen LogP contribution in [0.4, 0.5) is 0 Å². The predicted molar refractivity (Wildman–Crippen MR) is 57.8 cm³/mol. The van der Waals surface area contributed by atoms with Gasteiger partial charge in [0.05, 0.1) is 23.8 Å². The molecule has 4 nitrogen and oxygen atoms in total. The third kappa shape index (κ3) is 1.71. The molecule has 2 rings (SSSR count). The summed E-state index contributed by atoms with van der Waals surface area (Å²) in [5, 5.41) is 9.49. The molecule has 0 aliphatic rings. The van der Waals surface area contributed by atoms with Gasteiger partial charge in [-0.2, -0.15) is 5.26 Å². The second kappa shape index (κ2) is 3.99. The van der Waals surface area contributed by atoms with Gasteiger partial charge in [-0.15, -0.1) is 0 Å². The second-order valence-electron chi connectivity index (χ2n) is 3.23. The fraction of sp³-hybridized carbons (Fsp3) is 0.0833. The van der Waals surface area contributed by atoms with Crippen molar-refractivity contribution in [3.8, 4) is 6.07 Å². The Bertz CT molecular complexity index is 599. The third-order valence-corrected chi connectivity index (χ3v) is 2.23. The lowest BCUT2D eigenvalue weighted by Crippen LogP contribution is -2.00. The molecule has 0 unspecified atom stereocenters. The van der Waals surface area contributed by atoms with Gasteiger partial charge in [0.15, 0.2) is 0 Å². The summed E-state index contributed by atoms with van der Waals surface area (Å²) in [6.45, 7) is 0. The number of nitriles is 1. The summed E-state index contributed by atoms with van der Waals surface area (Å²) in [6, 6.07) is 8.73. The van der Waals surface area contributed by atoms with Crippen LogP contribution in [-0.4, -0.2) is 18.1 Å². The van der Waals surface area contributed by atoms with Gasteiger partial charge in [-0.05, 0) is 24.3 Å². The molecule has 0 atom stereocenters. The van der Waals surface area contributed by atoms with Crippen molar-refractivity contribution >= 4 is 16.9 Å². The lowest BCUT2D eigenvalue weighted by Gasteiger charge is -2.01. The van der Waals surface area contributed by atoms with Crippen LogP contribution in [0.5, 0.6) is 0 Å². The van der Waals surface area contributed by atoms with Crippen molar-refractivity contribution in [1.82, 2.24) is 4.98 Å². The monoisotopic (exact) mass is 212 g/mol. The highest BCUT2D eigenvalue weighted by Gasteiger charge is 2.06. The fourth-order valence-electron chi connectivity index (χ4n) is 1.44. The highest BCUT2D eigenvalue weighted by Crippen LogP contribution is 2.15. The molecule has 0 spiro atoms. The number of pyridine rings is 1. The van der Waals surface area contributed by atoms with E-state index in [4.69, 9.17) is 5.26 Å². The van der Waals surface area contributed by atoms with Gasteiger partial charge in [0, 0.05) is 11.6 Å². The molecular formula is C12H8N2O2. The van der Waals surface area contributed by atoms with Gasteiger partial charge in [0.25, 0.3) is 0 Å². The highest BCUT2D eigenvalue weighted by molar-refractivity contribution is 5.94. The third-order valence-electron chi connectivity index (χ3n) is 2.23. The summed E-state index contributed by atoms with van der Waals surface area (Å²) in [7, 11) is 1.33. The van der Waals surface area contributed by atoms with Crippen LogP contribution in [0, 0.1) is 11.3 Å². The number of esters is 1. The Hall–Kier alpha value is -2.41. The van der Waals surface area contributed by atoms with Gasteiger partial charge in [-0.1, -0.05) is 0 Å². The van der Waals surface area contributed by atoms with Crippen molar-refractivity contribution < 1.29 is 9.53 Å². The maximum atomic E-state index is 11.3. The zero-order chi connectivity index (χ0) is 11.5. The normalized spacial score (nSPS) is 9.75. The first kappa shape index (κ1) is 10.1. The number of methoxy groups -OCH3 is 1.